The summed E-state index contributed by atoms with van der Waals surface area (Å²) in [5, 5.41) is 1.99. The number of nitrogens with zero attached hydrogens (tertiary/aromatic N) is 4. The topological polar surface area (TPSA) is 60.2 Å². The van der Waals surface area contributed by atoms with Crippen molar-refractivity contribution in [1.82, 2.24) is 19.4 Å². The molecular formula is C23H28N4O2. The second kappa shape index (κ2) is 8.74. The molecule has 0 unspecified atom stereocenters. The lowest BCUT2D eigenvalue weighted by Crippen LogP contribution is -2.39. The summed E-state index contributed by atoms with van der Waals surface area (Å²) < 4.78 is 7.50. The molecule has 0 spiro atoms. The van der Waals surface area contributed by atoms with E-state index in [1.165, 1.54) is 5.69 Å². The maximum absolute atomic E-state index is 13.1. The summed E-state index contributed by atoms with van der Waals surface area (Å²) in [4.78, 5) is 23.9. The number of benzene rings is 1. The van der Waals surface area contributed by atoms with Crippen LogP contribution in [0.4, 0.5) is 0 Å². The van der Waals surface area contributed by atoms with Gasteiger partial charge in [0.05, 0.1) is 0 Å². The third kappa shape index (κ3) is 4.17. The molecule has 1 aliphatic heterocycles. The summed E-state index contributed by atoms with van der Waals surface area (Å²) in [6.07, 6.45) is 6.80. The van der Waals surface area contributed by atoms with Crippen molar-refractivity contribution in [1.29, 1.82) is 0 Å². The number of piperidine rings is 1. The minimum absolute atomic E-state index is 0.0492. The lowest BCUT2D eigenvalue weighted by atomic mass is 9.93. The summed E-state index contributed by atoms with van der Waals surface area (Å²) in [5.74, 6) is 1.66. The minimum Gasteiger partial charge on any atom is -0.377 e. The normalized spacial score (nSPS) is 15.2. The van der Waals surface area contributed by atoms with Crippen molar-refractivity contribution in [3.63, 3.8) is 0 Å². The summed E-state index contributed by atoms with van der Waals surface area (Å²) in [6, 6.07) is 9.91. The van der Waals surface area contributed by atoms with Crippen LogP contribution in [-0.4, -0.2) is 45.5 Å². The number of amides is 1. The van der Waals surface area contributed by atoms with Crippen LogP contribution in [0.25, 0.3) is 10.8 Å². The van der Waals surface area contributed by atoms with Gasteiger partial charge in [-0.2, -0.15) is 0 Å². The van der Waals surface area contributed by atoms with Gasteiger partial charge in [-0.15, -0.1) is 0 Å². The fourth-order valence-corrected chi connectivity index (χ4v) is 4.24. The van der Waals surface area contributed by atoms with Gasteiger partial charge >= 0.3 is 0 Å². The Balaban J connectivity index is 1.36. The number of aryl methyl sites for hydroxylation is 1. The van der Waals surface area contributed by atoms with Crippen molar-refractivity contribution in [2.24, 2.45) is 5.92 Å². The lowest BCUT2D eigenvalue weighted by Gasteiger charge is -2.32. The first kappa shape index (κ1) is 19.6. The minimum atomic E-state index is 0.0492. The third-order valence-corrected chi connectivity index (χ3v) is 5.95. The van der Waals surface area contributed by atoms with E-state index in [9.17, 15) is 4.79 Å². The van der Waals surface area contributed by atoms with Crippen LogP contribution in [0.1, 0.15) is 41.3 Å². The smallest absolute Gasteiger partial charge is 0.273 e. The number of hydrogen-bond donors (Lipinski definition) is 0. The van der Waals surface area contributed by atoms with Gasteiger partial charge < -0.3 is 14.2 Å². The van der Waals surface area contributed by atoms with E-state index in [1.807, 2.05) is 41.4 Å². The molecule has 1 amide bonds. The Morgan fingerprint density at radius 2 is 1.97 bits per heavy atom. The quantitative estimate of drug-likeness (QED) is 0.640. The van der Waals surface area contributed by atoms with Crippen molar-refractivity contribution in [3.05, 3.63) is 59.9 Å². The molecular weight excluding hydrogens is 364 g/mol. The monoisotopic (exact) mass is 392 g/mol. The molecule has 0 saturated carbocycles. The molecule has 29 heavy (non-hydrogen) atoms. The summed E-state index contributed by atoms with van der Waals surface area (Å²) in [6.45, 7) is 5.17. The van der Waals surface area contributed by atoms with E-state index in [1.54, 1.807) is 13.3 Å². The Morgan fingerprint density at radius 1 is 1.17 bits per heavy atom. The molecule has 3 aromatic rings. The van der Waals surface area contributed by atoms with Gasteiger partial charge in [0.25, 0.3) is 5.91 Å². The number of imidazole rings is 1. The zero-order valence-corrected chi connectivity index (χ0v) is 17.2. The van der Waals surface area contributed by atoms with Crippen molar-refractivity contribution < 1.29 is 9.53 Å². The summed E-state index contributed by atoms with van der Waals surface area (Å²) >= 11 is 0. The van der Waals surface area contributed by atoms with Crippen LogP contribution in [0.15, 0.2) is 42.7 Å². The number of carbonyl (C=O) groups is 1. The van der Waals surface area contributed by atoms with Gasteiger partial charge in [0, 0.05) is 50.2 Å². The van der Waals surface area contributed by atoms with Crippen molar-refractivity contribution >= 4 is 16.7 Å². The number of fused-ring (bicyclic) bond motifs is 1. The highest BCUT2D eigenvalue weighted by molar-refractivity contribution is 6.05. The number of carbonyl (C=O) groups excluding carboxylic acids is 1. The number of likely N-dealkylation sites (tertiary alicyclic amines) is 1. The summed E-state index contributed by atoms with van der Waals surface area (Å²) in [5.41, 5.74) is 1.74. The lowest BCUT2D eigenvalue weighted by molar-refractivity contribution is 0.0680. The van der Waals surface area contributed by atoms with Crippen molar-refractivity contribution in [3.8, 4) is 0 Å². The Labute approximate surface area is 171 Å². The van der Waals surface area contributed by atoms with Gasteiger partial charge in [0.2, 0.25) is 0 Å². The van der Waals surface area contributed by atoms with Crippen molar-refractivity contribution in [2.75, 3.05) is 20.2 Å². The van der Waals surface area contributed by atoms with Gasteiger partial charge in [-0.25, -0.2) is 4.98 Å². The molecule has 2 aromatic heterocycles. The number of hydrogen-bond acceptors (Lipinski definition) is 4. The third-order valence-electron chi connectivity index (χ3n) is 5.95. The van der Waals surface area contributed by atoms with E-state index >= 15 is 0 Å². The molecule has 0 radical (unpaired) electrons. The van der Waals surface area contributed by atoms with E-state index in [4.69, 9.17) is 4.74 Å². The van der Waals surface area contributed by atoms with E-state index < -0.39 is 0 Å². The molecule has 1 aromatic carbocycles. The number of methoxy groups -OCH3 is 1. The molecule has 6 heteroatoms. The first-order chi connectivity index (χ1) is 14.2. The average Bonchev–Trinajstić information content (AvgIpc) is 3.11. The van der Waals surface area contributed by atoms with E-state index in [-0.39, 0.29) is 5.91 Å². The SMILES string of the molecule is COCc1ncc(C)n1CCC1CCN(C(=O)c2nccc3ccccc23)CC1. The second-order valence-electron chi connectivity index (χ2n) is 7.81. The number of ether oxygens (including phenoxy) is 1. The van der Waals surface area contributed by atoms with Crippen LogP contribution < -0.4 is 0 Å². The predicted octanol–water partition coefficient (Wildman–Crippen LogP) is 3.83. The fraction of sp³-hybridized carbons (Fsp3) is 0.435. The van der Waals surface area contributed by atoms with E-state index in [0.29, 0.717) is 18.2 Å². The van der Waals surface area contributed by atoms with Gasteiger partial charge in [-0.1, -0.05) is 24.3 Å². The molecule has 1 saturated heterocycles. The number of rotatable bonds is 6. The highest BCUT2D eigenvalue weighted by Gasteiger charge is 2.25. The number of aromatic nitrogens is 3. The van der Waals surface area contributed by atoms with Gasteiger partial charge in [-0.3, -0.25) is 9.78 Å². The predicted molar refractivity (Wildman–Crippen MR) is 113 cm³/mol. The first-order valence-corrected chi connectivity index (χ1v) is 10.3. The molecule has 0 bridgehead atoms. The van der Waals surface area contributed by atoms with Crippen LogP contribution >= 0.6 is 0 Å². The van der Waals surface area contributed by atoms with Crippen molar-refractivity contribution in [2.45, 2.75) is 39.3 Å². The average molecular weight is 393 g/mol. The Kier molecular flexibility index (Phi) is 5.90. The van der Waals surface area contributed by atoms with Crippen LogP contribution in [-0.2, 0) is 17.9 Å². The van der Waals surface area contributed by atoms with Gasteiger partial charge in [-0.05, 0) is 43.6 Å². The highest BCUT2D eigenvalue weighted by Crippen LogP contribution is 2.25. The van der Waals surface area contributed by atoms with E-state index in [0.717, 1.165) is 55.5 Å². The fourth-order valence-electron chi connectivity index (χ4n) is 4.24. The summed E-state index contributed by atoms with van der Waals surface area (Å²) in [7, 11) is 1.70. The Morgan fingerprint density at radius 3 is 2.76 bits per heavy atom. The standard InChI is InChI=1S/C23H28N4O2/c1-17-15-25-21(16-29-2)27(17)14-10-18-8-12-26(13-9-18)23(28)22-20-6-4-3-5-19(20)7-11-24-22/h3-7,11,15,18H,8-10,12-14,16H2,1-2H3. The Hall–Kier alpha value is -2.73. The molecule has 1 fully saturated rings. The molecule has 0 atom stereocenters. The number of pyridine rings is 1. The van der Waals surface area contributed by atoms with E-state index in [2.05, 4.69) is 21.5 Å². The van der Waals surface area contributed by atoms with Gasteiger partial charge in [0.15, 0.2) is 0 Å². The van der Waals surface area contributed by atoms with Gasteiger partial charge in [0.1, 0.15) is 18.1 Å². The zero-order valence-electron chi connectivity index (χ0n) is 17.2. The maximum atomic E-state index is 13.1. The molecule has 1 aliphatic rings. The maximum Gasteiger partial charge on any atom is 0.273 e. The molecule has 0 N–H and O–H groups in total. The van der Waals surface area contributed by atoms with Crippen LogP contribution in [0.3, 0.4) is 0 Å². The molecule has 0 aliphatic carbocycles. The second-order valence-corrected chi connectivity index (χ2v) is 7.81. The Bertz CT molecular complexity index is 984. The molecule has 3 heterocycles. The molecule has 6 nitrogen and oxygen atoms in total. The molecule has 4 rings (SSSR count). The van der Waals surface area contributed by atoms with Crippen LogP contribution in [0.2, 0.25) is 0 Å². The highest BCUT2D eigenvalue weighted by atomic mass is 16.5. The zero-order chi connectivity index (χ0) is 20.2. The van der Waals surface area contributed by atoms with Crippen LogP contribution in [0.5, 0.6) is 0 Å². The largest absolute Gasteiger partial charge is 0.377 e. The molecule has 152 valence electrons. The van der Waals surface area contributed by atoms with Crippen LogP contribution in [0, 0.1) is 12.8 Å². The first-order valence-electron chi connectivity index (χ1n) is 10.3.